The molecule has 1 saturated heterocycles. The van der Waals surface area contributed by atoms with Gasteiger partial charge in [-0.3, -0.25) is 14.7 Å². The Bertz CT molecular complexity index is 1340. The molecule has 1 aromatic heterocycles. The average Bonchev–Trinajstić information content (AvgIpc) is 3.09. The van der Waals surface area contributed by atoms with Gasteiger partial charge in [0, 0.05) is 57.0 Å². The van der Waals surface area contributed by atoms with Crippen LogP contribution in [-0.4, -0.2) is 67.1 Å². The second-order valence-corrected chi connectivity index (χ2v) is 10.4. The molecule has 1 amide bonds. The predicted molar refractivity (Wildman–Crippen MR) is 161 cm³/mol. The van der Waals surface area contributed by atoms with Crippen molar-refractivity contribution in [2.24, 2.45) is 11.6 Å². The summed E-state index contributed by atoms with van der Waals surface area (Å²) in [5, 5.41) is 4.65. The molecule has 0 radical (unpaired) electrons. The molecule has 5 rings (SSSR count). The summed E-state index contributed by atoms with van der Waals surface area (Å²) in [5.41, 5.74) is 10.5. The molecule has 0 bridgehead atoms. The zero-order chi connectivity index (χ0) is 28.1. The minimum atomic E-state index is -0.142. The molecular formula is C30H39N9O. The maximum Gasteiger partial charge on any atom is 0.263 e. The van der Waals surface area contributed by atoms with Gasteiger partial charge < -0.3 is 20.9 Å². The Kier molecular flexibility index (Phi) is 8.47. The van der Waals surface area contributed by atoms with E-state index in [4.69, 9.17) is 11.6 Å². The van der Waals surface area contributed by atoms with E-state index in [0.29, 0.717) is 55.1 Å². The molecule has 0 saturated carbocycles. The summed E-state index contributed by atoms with van der Waals surface area (Å²) in [6.45, 7) is 6.49. The van der Waals surface area contributed by atoms with Gasteiger partial charge in [0.2, 0.25) is 5.95 Å². The molecule has 10 nitrogen and oxygen atoms in total. The highest BCUT2D eigenvalue weighted by molar-refractivity contribution is 6.09. The number of amides is 1. The standard InChI is InChI=1S/C30H39N9O/c1-3-33-30-34-19-27-28(35-30)36(2)16-17-38(29(27)40)25-10-7-11-26(18-25)39(32)21-24(31)20-37-14-12-23(13-15-37)22-8-5-4-6-9-22/h4-11,18-19,21,23H,3,12-17,20,31-32H2,1-2H3,(H,33,34,35)/b24-21-. The number of hydrogen-bond donors (Lipinski definition) is 3. The van der Waals surface area contributed by atoms with Crippen molar-refractivity contribution in [2.45, 2.75) is 25.7 Å². The number of likely N-dealkylation sites (tertiary alicyclic amines) is 1. The molecule has 3 aromatic rings. The summed E-state index contributed by atoms with van der Waals surface area (Å²) in [6.07, 6.45) is 5.61. The lowest BCUT2D eigenvalue weighted by Gasteiger charge is -2.32. The number of aromatic nitrogens is 2. The first-order valence-corrected chi connectivity index (χ1v) is 13.9. The molecule has 1 fully saturated rings. The third-order valence-corrected chi connectivity index (χ3v) is 7.61. The van der Waals surface area contributed by atoms with Gasteiger partial charge in [-0.1, -0.05) is 36.4 Å². The number of benzene rings is 2. The predicted octanol–water partition coefficient (Wildman–Crippen LogP) is 3.36. The average molecular weight is 542 g/mol. The largest absolute Gasteiger partial charge is 0.400 e. The van der Waals surface area contributed by atoms with Crippen molar-refractivity contribution in [3.8, 4) is 0 Å². The van der Waals surface area contributed by atoms with Gasteiger partial charge in [0.1, 0.15) is 11.4 Å². The number of fused-ring (bicyclic) bond motifs is 1. The van der Waals surface area contributed by atoms with Crippen molar-refractivity contribution < 1.29 is 4.79 Å². The molecular weight excluding hydrogens is 502 g/mol. The van der Waals surface area contributed by atoms with Crippen molar-refractivity contribution in [3.05, 3.63) is 83.8 Å². The fourth-order valence-corrected chi connectivity index (χ4v) is 5.43. The fourth-order valence-electron chi connectivity index (χ4n) is 5.43. The van der Waals surface area contributed by atoms with Crippen LogP contribution in [0, 0.1) is 0 Å². The molecule has 5 N–H and O–H groups in total. The van der Waals surface area contributed by atoms with Crippen LogP contribution in [0.1, 0.15) is 41.6 Å². The second kappa shape index (κ2) is 12.4. The molecule has 0 aliphatic carbocycles. The number of likely N-dealkylation sites (N-methyl/N-ethyl adjacent to an activating group) is 1. The smallest absolute Gasteiger partial charge is 0.263 e. The minimum Gasteiger partial charge on any atom is -0.400 e. The number of nitrogens with zero attached hydrogens (tertiary/aromatic N) is 6. The number of carbonyl (C=O) groups excluding carboxylic acids is 1. The molecule has 0 atom stereocenters. The summed E-state index contributed by atoms with van der Waals surface area (Å²) in [5.74, 6) is 8.03. The normalized spacial score (nSPS) is 17.0. The van der Waals surface area contributed by atoms with E-state index < -0.39 is 0 Å². The second-order valence-electron chi connectivity index (χ2n) is 10.4. The molecule has 210 valence electrons. The highest BCUT2D eigenvalue weighted by atomic mass is 16.2. The highest BCUT2D eigenvalue weighted by Gasteiger charge is 2.28. The van der Waals surface area contributed by atoms with E-state index >= 15 is 0 Å². The SMILES string of the molecule is CCNc1ncc2c(n1)N(C)CCN(c1cccc(N(N)/C=C(\N)CN3CCC(c4ccccc4)CC3)c1)C2=O. The molecule has 40 heavy (non-hydrogen) atoms. The monoisotopic (exact) mass is 541 g/mol. The van der Waals surface area contributed by atoms with Gasteiger partial charge >= 0.3 is 0 Å². The third kappa shape index (κ3) is 6.19. The van der Waals surface area contributed by atoms with Crippen molar-refractivity contribution in [1.29, 1.82) is 0 Å². The topological polar surface area (TPSA) is 120 Å². The molecule has 10 heteroatoms. The first kappa shape index (κ1) is 27.4. The summed E-state index contributed by atoms with van der Waals surface area (Å²) in [4.78, 5) is 28.6. The summed E-state index contributed by atoms with van der Waals surface area (Å²) in [7, 11) is 1.94. The van der Waals surface area contributed by atoms with E-state index in [1.54, 1.807) is 17.3 Å². The fraction of sp³-hybridized carbons (Fsp3) is 0.367. The van der Waals surface area contributed by atoms with E-state index in [2.05, 4.69) is 50.5 Å². The number of rotatable bonds is 8. The number of carbonyl (C=O) groups is 1. The van der Waals surface area contributed by atoms with E-state index in [1.165, 1.54) is 10.6 Å². The molecule has 2 aliphatic heterocycles. The van der Waals surface area contributed by atoms with Crippen LogP contribution in [0.15, 0.2) is 72.7 Å². The molecule has 3 heterocycles. The summed E-state index contributed by atoms with van der Waals surface area (Å²) in [6, 6.07) is 18.4. The van der Waals surface area contributed by atoms with E-state index in [-0.39, 0.29) is 5.91 Å². The Hall–Kier alpha value is -4.15. The number of anilines is 4. The van der Waals surface area contributed by atoms with Gasteiger partial charge in [0.25, 0.3) is 5.91 Å². The maximum absolute atomic E-state index is 13.6. The van der Waals surface area contributed by atoms with Crippen LogP contribution in [0.5, 0.6) is 0 Å². The number of nitrogens with two attached hydrogens (primary N) is 2. The number of nitrogens with one attached hydrogen (secondary N) is 1. The van der Waals surface area contributed by atoms with Crippen LogP contribution in [0.25, 0.3) is 0 Å². The van der Waals surface area contributed by atoms with Crippen molar-refractivity contribution in [3.63, 3.8) is 0 Å². The molecule has 0 spiro atoms. The Morgan fingerprint density at radius 3 is 2.62 bits per heavy atom. The van der Waals surface area contributed by atoms with Gasteiger partial charge in [-0.15, -0.1) is 0 Å². The summed E-state index contributed by atoms with van der Waals surface area (Å²) >= 11 is 0. The lowest BCUT2D eigenvalue weighted by molar-refractivity contribution is 0.0989. The van der Waals surface area contributed by atoms with Crippen LogP contribution < -0.4 is 31.7 Å². The lowest BCUT2D eigenvalue weighted by Crippen LogP contribution is -2.37. The van der Waals surface area contributed by atoms with E-state index in [0.717, 1.165) is 37.3 Å². The Morgan fingerprint density at radius 1 is 1.10 bits per heavy atom. The van der Waals surface area contributed by atoms with Crippen molar-refractivity contribution in [2.75, 3.05) is 66.4 Å². The molecule has 0 unspecified atom stereocenters. The summed E-state index contributed by atoms with van der Waals surface area (Å²) < 4.78 is 0. The minimum absolute atomic E-state index is 0.142. The first-order valence-electron chi connectivity index (χ1n) is 13.9. The van der Waals surface area contributed by atoms with Crippen LogP contribution in [-0.2, 0) is 0 Å². The van der Waals surface area contributed by atoms with Crippen LogP contribution in [0.2, 0.25) is 0 Å². The molecule has 2 aromatic carbocycles. The van der Waals surface area contributed by atoms with Gasteiger partial charge in [-0.2, -0.15) is 4.98 Å². The van der Waals surface area contributed by atoms with Crippen LogP contribution in [0.4, 0.5) is 23.1 Å². The van der Waals surface area contributed by atoms with E-state index in [9.17, 15) is 4.79 Å². The number of piperidine rings is 1. The maximum atomic E-state index is 13.6. The Labute approximate surface area is 236 Å². The zero-order valence-electron chi connectivity index (χ0n) is 23.3. The zero-order valence-corrected chi connectivity index (χ0v) is 23.3. The number of hydrazine groups is 1. The Balaban J connectivity index is 1.25. The highest BCUT2D eigenvalue weighted by Crippen LogP contribution is 2.29. The van der Waals surface area contributed by atoms with Crippen LogP contribution in [0.3, 0.4) is 0 Å². The van der Waals surface area contributed by atoms with Gasteiger partial charge in [-0.05, 0) is 62.5 Å². The van der Waals surface area contributed by atoms with Gasteiger partial charge in [-0.25, -0.2) is 10.8 Å². The number of hydrogen-bond acceptors (Lipinski definition) is 9. The lowest BCUT2D eigenvalue weighted by atomic mass is 9.89. The van der Waals surface area contributed by atoms with E-state index in [1.807, 2.05) is 43.1 Å². The van der Waals surface area contributed by atoms with Crippen molar-refractivity contribution in [1.82, 2.24) is 14.9 Å². The van der Waals surface area contributed by atoms with Gasteiger partial charge in [0.15, 0.2) is 0 Å². The van der Waals surface area contributed by atoms with Crippen LogP contribution >= 0.6 is 0 Å². The quantitative estimate of drug-likeness (QED) is 0.291. The Morgan fingerprint density at radius 2 is 1.88 bits per heavy atom. The molecule has 2 aliphatic rings. The third-order valence-electron chi connectivity index (χ3n) is 7.61. The van der Waals surface area contributed by atoms with Gasteiger partial charge in [0.05, 0.1) is 5.69 Å². The first-order chi connectivity index (χ1) is 19.4. The van der Waals surface area contributed by atoms with Crippen molar-refractivity contribution >= 4 is 29.0 Å².